The molecule has 0 saturated heterocycles. The van der Waals surface area contributed by atoms with Crippen LogP contribution in [-0.4, -0.2) is 27.1 Å². The summed E-state index contributed by atoms with van der Waals surface area (Å²) >= 11 is 0. The van der Waals surface area contributed by atoms with E-state index in [1.165, 1.54) is 13.2 Å². The number of ether oxygens (including phenoxy) is 1. The van der Waals surface area contributed by atoms with Crippen molar-refractivity contribution in [1.82, 2.24) is 0 Å². The molecule has 1 rings (SSSR count). The van der Waals surface area contributed by atoms with Crippen LogP contribution in [0.15, 0.2) is 24.3 Å². The molecule has 0 spiro atoms. The highest BCUT2D eigenvalue weighted by Crippen LogP contribution is 2.18. The molecule has 0 aromatic heterocycles. The summed E-state index contributed by atoms with van der Waals surface area (Å²) in [5.41, 5.74) is 0.212. The fourth-order valence-electron chi connectivity index (χ4n) is 1.11. The molecule has 0 fully saturated rings. The highest BCUT2D eigenvalue weighted by Gasteiger charge is 2.18. The van der Waals surface area contributed by atoms with Crippen molar-refractivity contribution in [3.63, 3.8) is 0 Å². The number of benzene rings is 1. The molecule has 6 heteroatoms. The number of halogens is 1. The van der Waals surface area contributed by atoms with Gasteiger partial charge < -0.3 is 4.74 Å². The lowest BCUT2D eigenvalue weighted by molar-refractivity contribution is 0.101. The monoisotopic (exact) mass is 248 g/mol. The SMILES string of the molecule is COc1ccccc1C(=O)CS(=O)(=O)Cl. The Balaban J connectivity index is 3.01. The molecular formula is C9H9ClO4S. The first kappa shape index (κ1) is 12.0. The van der Waals surface area contributed by atoms with Gasteiger partial charge in [-0.1, -0.05) is 12.1 Å². The molecule has 0 amide bonds. The molecule has 0 bridgehead atoms. The van der Waals surface area contributed by atoms with Gasteiger partial charge in [-0.3, -0.25) is 4.79 Å². The van der Waals surface area contributed by atoms with Crippen LogP contribution < -0.4 is 4.74 Å². The lowest BCUT2D eigenvalue weighted by Crippen LogP contribution is -2.12. The molecule has 0 saturated carbocycles. The number of ketones is 1. The summed E-state index contributed by atoms with van der Waals surface area (Å²) in [5, 5.41) is 0. The standard InChI is InChI=1S/C9H9ClO4S/c1-14-9-5-3-2-4-7(9)8(11)6-15(10,12)13/h2-5H,6H2,1H3. The number of hydrogen-bond acceptors (Lipinski definition) is 4. The van der Waals surface area contributed by atoms with E-state index in [-0.39, 0.29) is 5.56 Å². The Morgan fingerprint density at radius 3 is 2.53 bits per heavy atom. The van der Waals surface area contributed by atoms with Crippen LogP contribution in [0.5, 0.6) is 5.75 Å². The molecule has 0 aliphatic rings. The van der Waals surface area contributed by atoms with Gasteiger partial charge in [-0.2, -0.15) is 0 Å². The number of carbonyl (C=O) groups excluding carboxylic acids is 1. The predicted molar refractivity (Wildman–Crippen MR) is 57.0 cm³/mol. The predicted octanol–water partition coefficient (Wildman–Crippen LogP) is 1.45. The van der Waals surface area contributed by atoms with Gasteiger partial charge in [0.15, 0.2) is 5.78 Å². The summed E-state index contributed by atoms with van der Waals surface area (Å²) in [6.45, 7) is 0. The van der Waals surface area contributed by atoms with Gasteiger partial charge in [0.25, 0.3) is 0 Å². The molecule has 0 unspecified atom stereocenters. The van der Waals surface area contributed by atoms with E-state index in [0.29, 0.717) is 5.75 Å². The van der Waals surface area contributed by atoms with E-state index in [1.807, 2.05) is 0 Å². The van der Waals surface area contributed by atoms with Crippen molar-refractivity contribution in [3.8, 4) is 5.75 Å². The lowest BCUT2D eigenvalue weighted by Gasteiger charge is -2.05. The van der Waals surface area contributed by atoms with Crippen LogP contribution in [0.4, 0.5) is 0 Å². The molecule has 0 heterocycles. The van der Waals surface area contributed by atoms with Crippen LogP contribution in [0.25, 0.3) is 0 Å². The first-order valence-electron chi connectivity index (χ1n) is 4.02. The van der Waals surface area contributed by atoms with Gasteiger partial charge in [0.2, 0.25) is 9.05 Å². The Labute approximate surface area is 92.2 Å². The average Bonchev–Trinajstić information content (AvgIpc) is 2.15. The summed E-state index contributed by atoms with van der Waals surface area (Å²) in [6, 6.07) is 6.37. The maximum absolute atomic E-state index is 11.5. The smallest absolute Gasteiger partial charge is 0.240 e. The molecule has 1 aromatic rings. The molecule has 0 aliphatic carbocycles. The summed E-state index contributed by atoms with van der Waals surface area (Å²) < 4.78 is 26.4. The highest BCUT2D eigenvalue weighted by molar-refractivity contribution is 8.14. The van der Waals surface area contributed by atoms with Crippen molar-refractivity contribution in [2.75, 3.05) is 12.9 Å². The van der Waals surface area contributed by atoms with Crippen molar-refractivity contribution >= 4 is 25.5 Å². The molecule has 15 heavy (non-hydrogen) atoms. The topological polar surface area (TPSA) is 60.4 Å². The molecule has 4 nitrogen and oxygen atoms in total. The second kappa shape index (κ2) is 4.63. The van der Waals surface area contributed by atoms with E-state index < -0.39 is 20.6 Å². The van der Waals surface area contributed by atoms with Gasteiger partial charge in [0.1, 0.15) is 11.5 Å². The van der Waals surface area contributed by atoms with Crippen LogP contribution in [0.1, 0.15) is 10.4 Å². The zero-order chi connectivity index (χ0) is 11.5. The minimum absolute atomic E-state index is 0.212. The van der Waals surface area contributed by atoms with E-state index in [0.717, 1.165) is 0 Å². The van der Waals surface area contributed by atoms with Crippen molar-refractivity contribution < 1.29 is 17.9 Å². The van der Waals surface area contributed by atoms with Crippen molar-refractivity contribution in [2.24, 2.45) is 0 Å². The van der Waals surface area contributed by atoms with Gasteiger partial charge >= 0.3 is 0 Å². The minimum Gasteiger partial charge on any atom is -0.496 e. The average molecular weight is 249 g/mol. The third kappa shape index (κ3) is 3.53. The maximum Gasteiger partial charge on any atom is 0.240 e. The molecule has 0 atom stereocenters. The molecule has 82 valence electrons. The van der Waals surface area contributed by atoms with Gasteiger partial charge in [0, 0.05) is 10.7 Å². The second-order valence-corrected chi connectivity index (χ2v) is 5.58. The molecule has 0 aliphatic heterocycles. The van der Waals surface area contributed by atoms with Gasteiger partial charge in [-0.05, 0) is 12.1 Å². The first-order valence-corrected chi connectivity index (χ1v) is 6.50. The van der Waals surface area contributed by atoms with Crippen molar-refractivity contribution in [3.05, 3.63) is 29.8 Å². The second-order valence-electron chi connectivity index (χ2n) is 2.81. The maximum atomic E-state index is 11.5. The van der Waals surface area contributed by atoms with Crippen molar-refractivity contribution in [2.45, 2.75) is 0 Å². The van der Waals surface area contributed by atoms with Crippen LogP contribution in [0.3, 0.4) is 0 Å². The van der Waals surface area contributed by atoms with Crippen LogP contribution in [0, 0.1) is 0 Å². The minimum atomic E-state index is -3.83. The summed E-state index contributed by atoms with van der Waals surface area (Å²) in [5.74, 6) is -0.972. The van der Waals surface area contributed by atoms with E-state index in [9.17, 15) is 13.2 Å². The van der Waals surface area contributed by atoms with Gasteiger partial charge in [-0.15, -0.1) is 0 Å². The lowest BCUT2D eigenvalue weighted by atomic mass is 10.1. The molecule has 1 aromatic carbocycles. The van der Waals surface area contributed by atoms with Gasteiger partial charge in [-0.25, -0.2) is 8.42 Å². The van der Waals surface area contributed by atoms with Crippen LogP contribution >= 0.6 is 10.7 Å². The Hall–Kier alpha value is -1.07. The Bertz CT molecular complexity index is 467. The number of methoxy groups -OCH3 is 1. The third-order valence-corrected chi connectivity index (χ3v) is 2.65. The Kier molecular flexibility index (Phi) is 3.71. The molecule has 0 radical (unpaired) electrons. The van der Waals surface area contributed by atoms with E-state index in [2.05, 4.69) is 0 Å². The first-order chi connectivity index (χ1) is 6.94. The Morgan fingerprint density at radius 2 is 2.00 bits per heavy atom. The van der Waals surface area contributed by atoms with Crippen LogP contribution in [0.2, 0.25) is 0 Å². The third-order valence-electron chi connectivity index (χ3n) is 1.71. The molecule has 0 N–H and O–H groups in total. The zero-order valence-electron chi connectivity index (χ0n) is 7.94. The zero-order valence-corrected chi connectivity index (χ0v) is 9.51. The Morgan fingerprint density at radius 1 is 1.40 bits per heavy atom. The number of Topliss-reactive ketones (excluding diaryl/α,β-unsaturated/α-hetero) is 1. The van der Waals surface area contributed by atoms with Crippen molar-refractivity contribution in [1.29, 1.82) is 0 Å². The van der Waals surface area contributed by atoms with E-state index >= 15 is 0 Å². The van der Waals surface area contributed by atoms with E-state index in [4.69, 9.17) is 15.4 Å². The fraction of sp³-hybridized carbons (Fsp3) is 0.222. The summed E-state index contributed by atoms with van der Waals surface area (Å²) in [4.78, 5) is 11.5. The summed E-state index contributed by atoms with van der Waals surface area (Å²) in [6.07, 6.45) is 0. The van der Waals surface area contributed by atoms with E-state index in [1.54, 1.807) is 18.2 Å². The van der Waals surface area contributed by atoms with Crippen LogP contribution in [-0.2, 0) is 9.05 Å². The van der Waals surface area contributed by atoms with Gasteiger partial charge in [0.05, 0.1) is 12.7 Å². The molecular weight excluding hydrogens is 240 g/mol. The number of carbonyl (C=O) groups is 1. The normalized spacial score (nSPS) is 11.1. The number of hydrogen-bond donors (Lipinski definition) is 0. The largest absolute Gasteiger partial charge is 0.496 e. The highest BCUT2D eigenvalue weighted by atomic mass is 35.7. The number of para-hydroxylation sites is 1. The number of rotatable bonds is 4. The summed E-state index contributed by atoms with van der Waals surface area (Å²) in [7, 11) is 2.56. The quantitative estimate of drug-likeness (QED) is 0.598. The fourth-order valence-corrected chi connectivity index (χ4v) is 1.88.